The number of benzene rings is 1. The molecule has 1 N–H and O–H groups in total. The standard InChI is InChI=1S/C38H54O4/c1-24(2)25(3)8-9-26(4)31-14-15-32-30-13-12-28-23-29(18-20-37(28,5)33(30)19-21-38(31,32)6)42-36(40)17-11-27-10-16-34(39)35(22-27)41-7/h10-12,16-17,22,24,26,29-33,39H,3,8-9,13-15,18-21,23H2,1-2,4-7H3/b17-11+/t26-,29+,30+,31-,32+,33+,37+,38-/m1/s1. The van der Waals surface area contributed by atoms with Gasteiger partial charge >= 0.3 is 5.97 Å². The van der Waals surface area contributed by atoms with Crippen LogP contribution in [0.4, 0.5) is 0 Å². The number of aromatic hydroxyl groups is 1. The van der Waals surface area contributed by atoms with E-state index in [1.165, 1.54) is 63.7 Å². The Morgan fingerprint density at radius 1 is 1.12 bits per heavy atom. The van der Waals surface area contributed by atoms with Crippen molar-refractivity contribution < 1.29 is 19.4 Å². The van der Waals surface area contributed by atoms with Crippen LogP contribution < -0.4 is 4.74 Å². The second-order valence-corrected chi connectivity index (χ2v) is 14.9. The lowest BCUT2D eigenvalue weighted by Crippen LogP contribution is -2.51. The Hall–Kier alpha value is -2.49. The van der Waals surface area contributed by atoms with Crippen molar-refractivity contribution in [3.63, 3.8) is 0 Å². The van der Waals surface area contributed by atoms with Crippen LogP contribution >= 0.6 is 0 Å². The van der Waals surface area contributed by atoms with Crippen LogP contribution in [-0.2, 0) is 9.53 Å². The van der Waals surface area contributed by atoms with Crippen molar-refractivity contribution in [3.05, 3.63) is 53.6 Å². The van der Waals surface area contributed by atoms with Gasteiger partial charge in [0.2, 0.25) is 0 Å². The first-order valence-corrected chi connectivity index (χ1v) is 16.6. The first-order chi connectivity index (χ1) is 20.0. The maximum Gasteiger partial charge on any atom is 0.331 e. The zero-order valence-electron chi connectivity index (χ0n) is 27.0. The summed E-state index contributed by atoms with van der Waals surface area (Å²) in [5, 5.41) is 9.81. The minimum Gasteiger partial charge on any atom is -0.504 e. The summed E-state index contributed by atoms with van der Waals surface area (Å²) in [6.45, 7) is 16.6. The number of phenols is 1. The number of hydrogen-bond donors (Lipinski definition) is 1. The van der Waals surface area contributed by atoms with E-state index in [0.29, 0.717) is 17.1 Å². The Morgan fingerprint density at radius 3 is 2.64 bits per heavy atom. The van der Waals surface area contributed by atoms with E-state index in [4.69, 9.17) is 9.47 Å². The largest absolute Gasteiger partial charge is 0.504 e. The van der Waals surface area contributed by atoms with E-state index in [1.807, 2.05) is 0 Å². The van der Waals surface area contributed by atoms with Crippen LogP contribution in [0.3, 0.4) is 0 Å². The number of esters is 1. The molecule has 0 aliphatic heterocycles. The van der Waals surface area contributed by atoms with E-state index in [1.54, 1.807) is 29.8 Å². The maximum absolute atomic E-state index is 12.7. The van der Waals surface area contributed by atoms with Crippen LogP contribution in [-0.4, -0.2) is 24.3 Å². The lowest BCUT2D eigenvalue weighted by molar-refractivity contribution is -0.145. The van der Waals surface area contributed by atoms with E-state index in [2.05, 4.69) is 47.3 Å². The highest BCUT2D eigenvalue weighted by Crippen LogP contribution is 2.67. The van der Waals surface area contributed by atoms with Gasteiger partial charge in [0, 0.05) is 12.5 Å². The van der Waals surface area contributed by atoms with Gasteiger partial charge in [0.1, 0.15) is 6.10 Å². The first-order valence-electron chi connectivity index (χ1n) is 16.6. The van der Waals surface area contributed by atoms with Crippen molar-refractivity contribution in [2.24, 2.45) is 46.3 Å². The molecule has 8 atom stereocenters. The fraction of sp³-hybridized carbons (Fsp3) is 0.658. The van der Waals surface area contributed by atoms with Crippen LogP contribution in [0, 0.1) is 46.3 Å². The van der Waals surface area contributed by atoms with Crippen molar-refractivity contribution >= 4 is 12.0 Å². The second kappa shape index (κ2) is 12.2. The molecule has 4 nitrogen and oxygen atoms in total. The third-order valence-electron chi connectivity index (χ3n) is 12.5. The number of methoxy groups -OCH3 is 1. The van der Waals surface area contributed by atoms with Crippen molar-refractivity contribution in [3.8, 4) is 11.5 Å². The molecule has 4 aliphatic carbocycles. The lowest BCUT2D eigenvalue weighted by Gasteiger charge is -2.58. The molecule has 4 heteroatoms. The lowest BCUT2D eigenvalue weighted by atomic mass is 9.47. The zero-order chi connectivity index (χ0) is 30.2. The number of carbonyl (C=O) groups is 1. The molecule has 3 fully saturated rings. The van der Waals surface area contributed by atoms with Crippen molar-refractivity contribution in [2.75, 3.05) is 7.11 Å². The molecule has 42 heavy (non-hydrogen) atoms. The third kappa shape index (κ3) is 5.84. The average Bonchev–Trinajstić information content (AvgIpc) is 3.32. The summed E-state index contributed by atoms with van der Waals surface area (Å²) in [4.78, 5) is 12.7. The van der Waals surface area contributed by atoms with E-state index < -0.39 is 0 Å². The van der Waals surface area contributed by atoms with Gasteiger partial charge in [-0.25, -0.2) is 4.79 Å². The summed E-state index contributed by atoms with van der Waals surface area (Å²) >= 11 is 0. The summed E-state index contributed by atoms with van der Waals surface area (Å²) in [6, 6.07) is 5.03. The van der Waals surface area contributed by atoms with Gasteiger partial charge in [-0.2, -0.15) is 0 Å². The number of ether oxygens (including phenoxy) is 2. The maximum atomic E-state index is 12.7. The highest BCUT2D eigenvalue weighted by atomic mass is 16.5. The SMILES string of the molecule is C=C(CC[C@@H](C)[C@H]1CC[C@H]2[C@@H]3CC=C4C[C@@H](OC(=O)/C=C/c5ccc(O)c(OC)c5)CC[C@]4(C)[C@H]3CC[C@]12C)C(C)C. The summed E-state index contributed by atoms with van der Waals surface area (Å²) in [5.74, 6) is 4.76. The van der Waals surface area contributed by atoms with Crippen LogP contribution in [0.2, 0.25) is 0 Å². The van der Waals surface area contributed by atoms with Gasteiger partial charge in [0.25, 0.3) is 0 Å². The Labute approximate surface area is 254 Å². The van der Waals surface area contributed by atoms with E-state index in [0.717, 1.165) is 54.4 Å². The van der Waals surface area contributed by atoms with Gasteiger partial charge in [-0.15, -0.1) is 0 Å². The molecule has 4 aliphatic rings. The number of fused-ring (bicyclic) bond motifs is 5. The number of phenolic OH excluding ortho intramolecular Hbond substituents is 1. The van der Waals surface area contributed by atoms with Gasteiger partial charge in [0.15, 0.2) is 11.5 Å². The fourth-order valence-electron chi connectivity index (χ4n) is 9.77. The highest BCUT2D eigenvalue weighted by molar-refractivity contribution is 5.87. The molecule has 0 bridgehead atoms. The summed E-state index contributed by atoms with van der Waals surface area (Å²) < 4.78 is 11.1. The van der Waals surface area contributed by atoms with Gasteiger partial charge < -0.3 is 14.6 Å². The average molecular weight is 575 g/mol. The Balaban J connectivity index is 1.21. The van der Waals surface area contributed by atoms with Crippen LogP contribution in [0.1, 0.15) is 104 Å². The topological polar surface area (TPSA) is 55.8 Å². The molecule has 0 saturated heterocycles. The number of allylic oxidation sites excluding steroid dienone is 2. The molecule has 5 rings (SSSR count). The van der Waals surface area contributed by atoms with Gasteiger partial charge in [-0.1, -0.05) is 64.5 Å². The molecule has 3 saturated carbocycles. The van der Waals surface area contributed by atoms with Crippen molar-refractivity contribution in [1.29, 1.82) is 0 Å². The number of carbonyl (C=O) groups excluding carboxylic acids is 1. The molecule has 0 radical (unpaired) electrons. The van der Waals surface area contributed by atoms with Crippen LogP contribution in [0.5, 0.6) is 11.5 Å². The van der Waals surface area contributed by atoms with Gasteiger partial charge in [0.05, 0.1) is 7.11 Å². The molecule has 1 aromatic carbocycles. The normalized spacial score (nSPS) is 34.7. The second-order valence-electron chi connectivity index (χ2n) is 14.9. The molecule has 0 spiro atoms. The first kappa shape index (κ1) is 31.0. The molecule has 0 aromatic heterocycles. The van der Waals surface area contributed by atoms with E-state index >= 15 is 0 Å². The Kier molecular flexibility index (Phi) is 9.03. The molecular formula is C38H54O4. The molecular weight excluding hydrogens is 520 g/mol. The third-order valence-corrected chi connectivity index (χ3v) is 12.5. The summed E-state index contributed by atoms with van der Waals surface area (Å²) in [6.07, 6.45) is 17.8. The summed E-state index contributed by atoms with van der Waals surface area (Å²) in [7, 11) is 1.51. The quantitative estimate of drug-likeness (QED) is 0.181. The smallest absolute Gasteiger partial charge is 0.331 e. The minimum atomic E-state index is -0.304. The van der Waals surface area contributed by atoms with Crippen molar-refractivity contribution in [1.82, 2.24) is 0 Å². The monoisotopic (exact) mass is 574 g/mol. The molecule has 230 valence electrons. The fourth-order valence-corrected chi connectivity index (χ4v) is 9.77. The predicted octanol–water partition coefficient (Wildman–Crippen LogP) is 9.53. The number of hydrogen-bond acceptors (Lipinski definition) is 4. The molecule has 1 aromatic rings. The zero-order valence-corrected chi connectivity index (χ0v) is 27.0. The van der Waals surface area contributed by atoms with Crippen LogP contribution in [0.15, 0.2) is 48.1 Å². The summed E-state index contributed by atoms with van der Waals surface area (Å²) in [5.41, 5.74) is 4.46. The Morgan fingerprint density at radius 2 is 1.90 bits per heavy atom. The molecule has 0 unspecified atom stereocenters. The number of rotatable bonds is 9. The predicted molar refractivity (Wildman–Crippen MR) is 171 cm³/mol. The minimum absolute atomic E-state index is 0.0569. The molecule has 0 heterocycles. The highest BCUT2D eigenvalue weighted by Gasteiger charge is 2.59. The van der Waals surface area contributed by atoms with E-state index in [9.17, 15) is 9.90 Å². The van der Waals surface area contributed by atoms with Gasteiger partial charge in [-0.05, 0) is 128 Å². The Bertz CT molecular complexity index is 1230. The molecule has 0 amide bonds. The van der Waals surface area contributed by atoms with Crippen molar-refractivity contribution in [2.45, 2.75) is 105 Å². The van der Waals surface area contributed by atoms with Gasteiger partial charge in [-0.3, -0.25) is 0 Å². The van der Waals surface area contributed by atoms with E-state index in [-0.39, 0.29) is 23.2 Å². The van der Waals surface area contributed by atoms with Crippen LogP contribution in [0.25, 0.3) is 6.08 Å².